The average Bonchev–Trinajstić information content (AvgIpc) is 3.52. The molecule has 484 valence electrons. The largest absolute Gasteiger partial charge is 0.545 e. The minimum absolute atomic E-state index is 0.146. The number of nitrogens with zero attached hydrogens (tertiary/aromatic N) is 1. The van der Waals surface area contributed by atoms with Crippen molar-refractivity contribution in [1.82, 2.24) is 0 Å². The number of rotatable bonds is 64. The van der Waals surface area contributed by atoms with E-state index in [0.717, 1.165) is 89.9 Å². The Labute approximate surface area is 518 Å². The molecule has 0 aliphatic carbocycles. The SMILES string of the molecule is CC/C=C\C/C=C\C/C=C\C/C=C\C/C=C\C/C=C\C/C=C\CCCCCCCCCCCCCCCCCCCCCC(=O)OC(COC(=O)CCCCCCCCC/C=C\CCCCCCCCC)COC(OCC[N+](C)(C)C)C(=O)[O-]. The molecule has 0 bridgehead atoms. The predicted octanol–water partition coefficient (Wildman–Crippen LogP) is 20.3. The number of carbonyl (C=O) groups is 3. The normalized spacial score (nSPS) is 13.3. The Kier molecular flexibility index (Phi) is 62.2. The van der Waals surface area contributed by atoms with Crippen LogP contribution in [0.2, 0.25) is 0 Å². The highest BCUT2D eigenvalue weighted by Crippen LogP contribution is 2.17. The number of likely N-dealkylation sites (N-methyl/N-ethyl adjacent to an activating group) is 1. The highest BCUT2D eigenvalue weighted by Gasteiger charge is 2.22. The molecule has 0 aromatic carbocycles. The first-order valence-electron chi connectivity index (χ1n) is 34.9. The highest BCUT2D eigenvalue weighted by molar-refractivity contribution is 5.70. The molecular weight excluding hydrogens is 1040 g/mol. The molecule has 0 heterocycles. The van der Waals surface area contributed by atoms with Crippen molar-refractivity contribution in [2.75, 3.05) is 47.5 Å². The minimum Gasteiger partial charge on any atom is -0.545 e. The van der Waals surface area contributed by atoms with Crippen LogP contribution in [-0.4, -0.2) is 82.3 Å². The molecule has 9 heteroatoms. The number of hydrogen-bond donors (Lipinski definition) is 0. The van der Waals surface area contributed by atoms with E-state index >= 15 is 0 Å². The molecule has 2 unspecified atom stereocenters. The monoisotopic (exact) mass is 1170 g/mol. The van der Waals surface area contributed by atoms with E-state index in [4.69, 9.17) is 18.9 Å². The maximum absolute atomic E-state index is 12.9. The molecule has 0 N–H and O–H groups in total. The van der Waals surface area contributed by atoms with Crippen molar-refractivity contribution in [3.05, 3.63) is 97.2 Å². The van der Waals surface area contributed by atoms with Crippen molar-refractivity contribution in [2.45, 2.75) is 315 Å². The zero-order valence-electron chi connectivity index (χ0n) is 55.3. The summed E-state index contributed by atoms with van der Waals surface area (Å²) in [6, 6.07) is 0. The van der Waals surface area contributed by atoms with Crippen molar-refractivity contribution >= 4 is 17.9 Å². The number of allylic oxidation sites excluding steroid dienone is 16. The number of hydrogen-bond acceptors (Lipinski definition) is 8. The Balaban J connectivity index is 4.02. The van der Waals surface area contributed by atoms with Gasteiger partial charge in [-0.05, 0) is 96.3 Å². The van der Waals surface area contributed by atoms with Crippen LogP contribution in [-0.2, 0) is 33.3 Å². The molecule has 0 saturated carbocycles. The van der Waals surface area contributed by atoms with Gasteiger partial charge in [0.1, 0.15) is 13.2 Å². The van der Waals surface area contributed by atoms with Crippen molar-refractivity contribution in [3.8, 4) is 0 Å². The van der Waals surface area contributed by atoms with E-state index in [1.54, 1.807) is 0 Å². The zero-order valence-corrected chi connectivity index (χ0v) is 55.3. The van der Waals surface area contributed by atoms with E-state index in [0.29, 0.717) is 17.4 Å². The summed E-state index contributed by atoms with van der Waals surface area (Å²) in [7, 11) is 5.93. The number of quaternary nitrogens is 1. The van der Waals surface area contributed by atoms with Gasteiger partial charge in [-0.3, -0.25) is 9.59 Å². The van der Waals surface area contributed by atoms with E-state index in [-0.39, 0.29) is 38.6 Å². The fourth-order valence-electron chi connectivity index (χ4n) is 9.75. The van der Waals surface area contributed by atoms with Crippen LogP contribution in [0.4, 0.5) is 0 Å². The van der Waals surface area contributed by atoms with Crippen LogP contribution < -0.4 is 5.11 Å². The van der Waals surface area contributed by atoms with Crippen LogP contribution in [0, 0.1) is 0 Å². The molecule has 2 atom stereocenters. The highest BCUT2D eigenvalue weighted by atomic mass is 16.7. The van der Waals surface area contributed by atoms with Gasteiger partial charge in [-0.1, -0.05) is 291 Å². The number of unbranched alkanes of at least 4 members (excludes halogenated alkanes) is 33. The van der Waals surface area contributed by atoms with E-state index in [1.165, 1.54) is 180 Å². The first-order valence-corrected chi connectivity index (χ1v) is 34.9. The molecule has 0 aromatic heterocycles. The zero-order chi connectivity index (χ0) is 61.2. The fraction of sp³-hybridized carbons (Fsp3) is 0.747. The second-order valence-electron chi connectivity index (χ2n) is 24.4. The summed E-state index contributed by atoms with van der Waals surface area (Å²) in [6.45, 7) is 4.65. The Morgan fingerprint density at radius 2 is 0.679 bits per heavy atom. The van der Waals surface area contributed by atoms with Crippen LogP contribution in [0.3, 0.4) is 0 Å². The maximum atomic E-state index is 12.9. The second-order valence-corrected chi connectivity index (χ2v) is 24.4. The summed E-state index contributed by atoms with van der Waals surface area (Å²) < 4.78 is 22.8. The molecule has 0 aliphatic rings. The van der Waals surface area contributed by atoms with E-state index in [1.807, 2.05) is 21.1 Å². The Morgan fingerprint density at radius 3 is 1.02 bits per heavy atom. The Bertz CT molecular complexity index is 1700. The van der Waals surface area contributed by atoms with Crippen LogP contribution in [0.1, 0.15) is 303 Å². The first kappa shape index (κ1) is 80.2. The third-order valence-electron chi connectivity index (χ3n) is 15.1. The fourth-order valence-corrected chi connectivity index (χ4v) is 9.75. The average molecular weight is 1170 g/mol. The summed E-state index contributed by atoms with van der Waals surface area (Å²) in [5.41, 5.74) is 0. The van der Waals surface area contributed by atoms with Crippen molar-refractivity contribution in [2.24, 2.45) is 0 Å². The van der Waals surface area contributed by atoms with Gasteiger partial charge in [-0.2, -0.15) is 0 Å². The van der Waals surface area contributed by atoms with Gasteiger partial charge in [-0.15, -0.1) is 0 Å². The van der Waals surface area contributed by atoms with Gasteiger partial charge in [-0.25, -0.2) is 0 Å². The molecular formula is C75H131NO8. The molecule has 0 fully saturated rings. The first-order chi connectivity index (χ1) is 41.1. The number of carboxylic acid groups (broad SMARTS) is 1. The number of carbonyl (C=O) groups excluding carboxylic acids is 3. The van der Waals surface area contributed by atoms with Crippen molar-refractivity contribution < 1.29 is 42.9 Å². The molecule has 0 amide bonds. The molecule has 0 saturated heterocycles. The van der Waals surface area contributed by atoms with E-state index in [9.17, 15) is 19.5 Å². The lowest BCUT2D eigenvalue weighted by molar-refractivity contribution is -0.870. The number of esters is 2. The van der Waals surface area contributed by atoms with E-state index < -0.39 is 24.3 Å². The quantitative estimate of drug-likeness (QED) is 0.0195. The minimum atomic E-state index is -1.62. The molecule has 0 aliphatic heterocycles. The van der Waals surface area contributed by atoms with Gasteiger partial charge in [0.05, 0.1) is 40.3 Å². The summed E-state index contributed by atoms with van der Waals surface area (Å²) >= 11 is 0. The maximum Gasteiger partial charge on any atom is 0.306 e. The topological polar surface area (TPSA) is 111 Å². The van der Waals surface area contributed by atoms with Gasteiger partial charge in [0.2, 0.25) is 0 Å². The number of ether oxygens (including phenoxy) is 4. The summed E-state index contributed by atoms with van der Waals surface area (Å²) in [5, 5.41) is 11.8. The van der Waals surface area contributed by atoms with Crippen molar-refractivity contribution in [3.63, 3.8) is 0 Å². The summed E-state index contributed by atoms with van der Waals surface area (Å²) in [4.78, 5) is 37.4. The van der Waals surface area contributed by atoms with Crippen LogP contribution in [0.15, 0.2) is 97.2 Å². The molecule has 0 rings (SSSR count). The third kappa shape index (κ3) is 65.7. The lowest BCUT2D eigenvalue weighted by atomic mass is 10.0. The van der Waals surface area contributed by atoms with Gasteiger partial charge in [0.25, 0.3) is 0 Å². The molecule has 84 heavy (non-hydrogen) atoms. The van der Waals surface area contributed by atoms with Gasteiger partial charge < -0.3 is 33.3 Å². The lowest BCUT2D eigenvalue weighted by Gasteiger charge is -2.26. The smallest absolute Gasteiger partial charge is 0.306 e. The molecule has 9 nitrogen and oxygen atoms in total. The summed E-state index contributed by atoms with van der Waals surface area (Å²) in [5.74, 6) is -2.28. The number of aliphatic carboxylic acids is 1. The van der Waals surface area contributed by atoms with Crippen LogP contribution in [0.25, 0.3) is 0 Å². The van der Waals surface area contributed by atoms with E-state index in [2.05, 4.69) is 111 Å². The second kappa shape index (κ2) is 65.2. The lowest BCUT2D eigenvalue weighted by Crippen LogP contribution is -2.44. The van der Waals surface area contributed by atoms with Crippen molar-refractivity contribution in [1.29, 1.82) is 0 Å². The molecule has 0 spiro atoms. The third-order valence-corrected chi connectivity index (χ3v) is 15.1. The molecule has 0 radical (unpaired) electrons. The Hall–Kier alpha value is -3.79. The predicted molar refractivity (Wildman–Crippen MR) is 357 cm³/mol. The van der Waals surface area contributed by atoms with Gasteiger partial charge in [0, 0.05) is 12.8 Å². The van der Waals surface area contributed by atoms with Gasteiger partial charge in [0.15, 0.2) is 12.4 Å². The Morgan fingerprint density at radius 1 is 0.369 bits per heavy atom. The molecule has 0 aromatic rings. The van der Waals surface area contributed by atoms with Crippen LogP contribution in [0.5, 0.6) is 0 Å². The number of carboxylic acids is 1. The summed E-state index contributed by atoms with van der Waals surface area (Å²) in [6.07, 6.45) is 86.4. The van der Waals surface area contributed by atoms with Crippen LogP contribution >= 0.6 is 0 Å². The van der Waals surface area contributed by atoms with Gasteiger partial charge >= 0.3 is 11.9 Å². The standard InChI is InChI=1S/C75H131NO8/c1-6-8-10-12-14-16-18-20-22-24-26-27-28-29-30-31-32-33-34-35-36-37-38-39-40-41-42-43-44-45-46-47-48-50-52-54-56-58-60-62-64-66-73(78)84-71(70-83-75(74(79)80)81-68-67-76(3,4)5)69-82-72(77)65-63-61-59-57-55-53-51-49-25-23-21-19-17-15-13-11-9-7-2/h8,10,14,16,20,22-23,25-27,29-30,32-33,35-36,71,75H,6-7,9,11-13,15,17-19,21,24,28,31,34,37-70H2,1-5H3/b10-8-,16-14-,22-20-,25-23-,27-26-,30-29-,33-32-,36-35-.